The van der Waals surface area contributed by atoms with Crippen LogP contribution in [0, 0.1) is 5.92 Å². The first-order valence-electron chi connectivity index (χ1n) is 8.26. The van der Waals surface area contributed by atoms with Crippen LogP contribution in [0.3, 0.4) is 0 Å². The summed E-state index contributed by atoms with van der Waals surface area (Å²) >= 11 is 0. The maximum Gasteiger partial charge on any atom is 0.308 e. The molecule has 4 nitrogen and oxygen atoms in total. The first kappa shape index (κ1) is 16.2. The summed E-state index contributed by atoms with van der Waals surface area (Å²) in [5, 5.41) is 9.55. The molecule has 1 saturated heterocycles. The van der Waals surface area contributed by atoms with Gasteiger partial charge in [0.15, 0.2) is 0 Å². The highest BCUT2D eigenvalue weighted by molar-refractivity contribution is 5.95. The van der Waals surface area contributed by atoms with E-state index in [1.807, 2.05) is 54.6 Å². The SMILES string of the molecule is CCc1ccc(C(=O)N2C[C@H](C(=O)O)[C@H](c3ccccc3)C2)cc1. The standard InChI is InChI=1S/C20H21NO3/c1-2-14-8-10-16(11-9-14)19(22)21-12-17(18(13-21)20(23)24)15-6-4-3-5-7-15/h3-11,17-18H,2,12-13H2,1H3,(H,23,24)/t17-,18-/m0/s1. The van der Waals surface area contributed by atoms with Crippen molar-refractivity contribution >= 4 is 11.9 Å². The lowest BCUT2D eigenvalue weighted by atomic mass is 9.89. The van der Waals surface area contributed by atoms with Gasteiger partial charge in [-0.25, -0.2) is 0 Å². The van der Waals surface area contributed by atoms with Gasteiger partial charge in [0.05, 0.1) is 5.92 Å². The normalized spacial score (nSPS) is 20.1. The summed E-state index contributed by atoms with van der Waals surface area (Å²) < 4.78 is 0. The Hall–Kier alpha value is -2.62. The van der Waals surface area contributed by atoms with Gasteiger partial charge in [0.1, 0.15) is 0 Å². The second-order valence-corrected chi connectivity index (χ2v) is 6.22. The molecule has 1 aliphatic rings. The third-order valence-electron chi connectivity index (χ3n) is 4.76. The Balaban J connectivity index is 1.82. The van der Waals surface area contributed by atoms with Crippen LogP contribution in [0.25, 0.3) is 0 Å². The minimum Gasteiger partial charge on any atom is -0.481 e. The minimum atomic E-state index is -0.847. The van der Waals surface area contributed by atoms with Crippen molar-refractivity contribution < 1.29 is 14.7 Å². The van der Waals surface area contributed by atoms with Crippen LogP contribution in [0.2, 0.25) is 0 Å². The van der Waals surface area contributed by atoms with E-state index in [4.69, 9.17) is 0 Å². The number of likely N-dealkylation sites (tertiary alicyclic amines) is 1. The summed E-state index contributed by atoms with van der Waals surface area (Å²) in [6, 6.07) is 17.1. The molecule has 2 aromatic rings. The van der Waals surface area contributed by atoms with E-state index in [1.54, 1.807) is 4.90 Å². The van der Waals surface area contributed by atoms with Crippen LogP contribution in [-0.2, 0) is 11.2 Å². The number of carbonyl (C=O) groups excluding carboxylic acids is 1. The van der Waals surface area contributed by atoms with Gasteiger partial charge in [-0.05, 0) is 29.7 Å². The molecule has 1 amide bonds. The van der Waals surface area contributed by atoms with Gasteiger partial charge in [0.2, 0.25) is 0 Å². The number of carboxylic acids is 1. The Bertz CT molecular complexity index is 724. The fourth-order valence-corrected chi connectivity index (χ4v) is 3.32. The van der Waals surface area contributed by atoms with Crippen molar-refractivity contribution in [2.24, 2.45) is 5.92 Å². The number of aryl methyl sites for hydroxylation is 1. The Labute approximate surface area is 141 Å². The van der Waals surface area contributed by atoms with E-state index < -0.39 is 11.9 Å². The van der Waals surface area contributed by atoms with Crippen molar-refractivity contribution in [3.05, 3.63) is 71.3 Å². The molecular formula is C20H21NO3. The summed E-state index contributed by atoms with van der Waals surface area (Å²) in [6.45, 7) is 2.76. The zero-order valence-corrected chi connectivity index (χ0v) is 13.7. The number of carbonyl (C=O) groups is 2. The number of amides is 1. The van der Waals surface area contributed by atoms with E-state index >= 15 is 0 Å². The van der Waals surface area contributed by atoms with Gasteiger partial charge >= 0.3 is 5.97 Å². The van der Waals surface area contributed by atoms with Crippen LogP contribution < -0.4 is 0 Å². The van der Waals surface area contributed by atoms with Crippen molar-refractivity contribution in [1.82, 2.24) is 4.90 Å². The van der Waals surface area contributed by atoms with Crippen LogP contribution in [0.5, 0.6) is 0 Å². The second-order valence-electron chi connectivity index (χ2n) is 6.22. The predicted molar refractivity (Wildman–Crippen MR) is 92.0 cm³/mol. The molecule has 3 rings (SSSR count). The molecule has 0 saturated carbocycles. The average molecular weight is 323 g/mol. The third-order valence-corrected chi connectivity index (χ3v) is 4.76. The van der Waals surface area contributed by atoms with E-state index in [1.165, 1.54) is 5.56 Å². The molecule has 0 bridgehead atoms. The highest BCUT2D eigenvalue weighted by Gasteiger charge is 2.40. The summed E-state index contributed by atoms with van der Waals surface area (Å²) in [5.41, 5.74) is 2.77. The quantitative estimate of drug-likeness (QED) is 0.940. The smallest absolute Gasteiger partial charge is 0.308 e. The van der Waals surface area contributed by atoms with Crippen molar-refractivity contribution in [2.45, 2.75) is 19.3 Å². The van der Waals surface area contributed by atoms with E-state index in [2.05, 4.69) is 6.92 Å². The van der Waals surface area contributed by atoms with Gasteiger partial charge in [-0.1, -0.05) is 49.4 Å². The lowest BCUT2D eigenvalue weighted by molar-refractivity contribution is -0.141. The van der Waals surface area contributed by atoms with Crippen molar-refractivity contribution in [3.8, 4) is 0 Å². The first-order valence-corrected chi connectivity index (χ1v) is 8.26. The monoisotopic (exact) mass is 323 g/mol. The molecule has 2 atom stereocenters. The number of aliphatic carboxylic acids is 1. The molecule has 0 spiro atoms. The van der Waals surface area contributed by atoms with Gasteiger partial charge in [-0.3, -0.25) is 9.59 Å². The number of nitrogens with zero attached hydrogens (tertiary/aromatic N) is 1. The fourth-order valence-electron chi connectivity index (χ4n) is 3.32. The Morgan fingerprint density at radius 2 is 1.71 bits per heavy atom. The van der Waals surface area contributed by atoms with Crippen LogP contribution in [0.15, 0.2) is 54.6 Å². The molecule has 0 unspecified atom stereocenters. The summed E-state index contributed by atoms with van der Waals surface area (Å²) in [6.07, 6.45) is 0.926. The maximum absolute atomic E-state index is 12.7. The Morgan fingerprint density at radius 3 is 2.29 bits per heavy atom. The molecule has 1 fully saturated rings. The van der Waals surface area contributed by atoms with Crippen molar-refractivity contribution in [3.63, 3.8) is 0 Å². The van der Waals surface area contributed by atoms with Crippen LogP contribution in [0.4, 0.5) is 0 Å². The molecule has 1 aliphatic heterocycles. The second kappa shape index (κ2) is 6.87. The number of carboxylic acid groups (broad SMARTS) is 1. The topological polar surface area (TPSA) is 57.6 Å². The van der Waals surface area contributed by atoms with E-state index in [9.17, 15) is 14.7 Å². The van der Waals surface area contributed by atoms with Gasteiger partial charge < -0.3 is 10.0 Å². The Kier molecular flexibility index (Phi) is 4.65. The van der Waals surface area contributed by atoms with Crippen molar-refractivity contribution in [1.29, 1.82) is 0 Å². The zero-order chi connectivity index (χ0) is 17.1. The predicted octanol–water partition coefficient (Wildman–Crippen LogP) is 3.19. The molecule has 124 valence electrons. The number of hydrogen-bond acceptors (Lipinski definition) is 2. The lowest BCUT2D eigenvalue weighted by Crippen LogP contribution is -2.29. The molecule has 0 aromatic heterocycles. The summed E-state index contributed by atoms with van der Waals surface area (Å²) in [5.74, 6) is -1.67. The molecule has 24 heavy (non-hydrogen) atoms. The molecule has 2 aromatic carbocycles. The number of benzene rings is 2. The van der Waals surface area contributed by atoms with Crippen LogP contribution >= 0.6 is 0 Å². The molecule has 1 heterocycles. The minimum absolute atomic E-state index is 0.0951. The van der Waals surface area contributed by atoms with Gasteiger partial charge in [-0.15, -0.1) is 0 Å². The van der Waals surface area contributed by atoms with E-state index in [0.717, 1.165) is 12.0 Å². The molecule has 0 radical (unpaired) electrons. The summed E-state index contributed by atoms with van der Waals surface area (Å²) in [4.78, 5) is 26.0. The van der Waals surface area contributed by atoms with Gasteiger partial charge in [0.25, 0.3) is 5.91 Å². The highest BCUT2D eigenvalue weighted by Crippen LogP contribution is 2.33. The van der Waals surface area contributed by atoms with E-state index in [0.29, 0.717) is 12.1 Å². The molecule has 0 aliphatic carbocycles. The fraction of sp³-hybridized carbons (Fsp3) is 0.300. The third kappa shape index (κ3) is 3.18. The van der Waals surface area contributed by atoms with Crippen molar-refractivity contribution in [2.75, 3.05) is 13.1 Å². The maximum atomic E-state index is 12.7. The molecule has 4 heteroatoms. The highest BCUT2D eigenvalue weighted by atomic mass is 16.4. The van der Waals surface area contributed by atoms with Gasteiger partial charge in [-0.2, -0.15) is 0 Å². The van der Waals surface area contributed by atoms with Gasteiger partial charge in [0, 0.05) is 24.6 Å². The molecular weight excluding hydrogens is 302 g/mol. The number of rotatable bonds is 4. The summed E-state index contributed by atoms with van der Waals surface area (Å²) in [7, 11) is 0. The lowest BCUT2D eigenvalue weighted by Gasteiger charge is -2.17. The Morgan fingerprint density at radius 1 is 1.04 bits per heavy atom. The average Bonchev–Trinajstić information content (AvgIpc) is 3.07. The molecule has 1 N–H and O–H groups in total. The largest absolute Gasteiger partial charge is 0.481 e. The van der Waals surface area contributed by atoms with E-state index in [-0.39, 0.29) is 18.4 Å². The van der Waals surface area contributed by atoms with Crippen LogP contribution in [-0.4, -0.2) is 35.0 Å². The zero-order valence-electron chi connectivity index (χ0n) is 13.7. The first-order chi connectivity index (χ1) is 11.6. The van der Waals surface area contributed by atoms with Crippen LogP contribution in [0.1, 0.15) is 34.3 Å². The number of hydrogen-bond donors (Lipinski definition) is 1.